The van der Waals surface area contributed by atoms with Crippen LogP contribution in [-0.4, -0.2) is 17.6 Å². The van der Waals surface area contributed by atoms with Crippen molar-refractivity contribution in [2.75, 3.05) is 11.4 Å². The number of nitrogens with one attached hydrogen (secondary N) is 1. The fourth-order valence-electron chi connectivity index (χ4n) is 1.97. The third-order valence-electron chi connectivity index (χ3n) is 2.97. The zero-order valence-electron chi connectivity index (χ0n) is 11.8. The van der Waals surface area contributed by atoms with Crippen molar-refractivity contribution in [3.05, 3.63) is 64.1 Å². The van der Waals surface area contributed by atoms with Crippen LogP contribution in [0.2, 0.25) is 10.0 Å². The summed E-state index contributed by atoms with van der Waals surface area (Å²) in [5.74, 6) is -0.344. The van der Waals surface area contributed by atoms with E-state index in [1.54, 1.807) is 18.2 Å². The molecule has 0 atom stereocenters. The van der Waals surface area contributed by atoms with E-state index in [0.29, 0.717) is 27.3 Å². The van der Waals surface area contributed by atoms with E-state index in [9.17, 15) is 4.79 Å². The van der Waals surface area contributed by atoms with Gasteiger partial charge in [0, 0.05) is 27.8 Å². The van der Waals surface area contributed by atoms with Gasteiger partial charge in [0.2, 0.25) is 0 Å². The molecule has 0 saturated heterocycles. The number of hydrogen-bond donors (Lipinski definition) is 1. The van der Waals surface area contributed by atoms with E-state index in [1.807, 2.05) is 42.2 Å². The summed E-state index contributed by atoms with van der Waals surface area (Å²) in [5, 5.41) is 3.83. The topological polar surface area (TPSA) is 32.3 Å². The van der Waals surface area contributed by atoms with Crippen LogP contribution in [0, 0.1) is 0 Å². The molecule has 6 heteroatoms. The number of benzene rings is 2. The Balaban J connectivity index is 2.15. The molecule has 22 heavy (non-hydrogen) atoms. The van der Waals surface area contributed by atoms with Gasteiger partial charge >= 0.3 is 0 Å². The fraction of sp³-hybridized carbons (Fsp3) is 0.125. The number of anilines is 1. The number of thiocarbonyl (C=S) groups is 1. The van der Waals surface area contributed by atoms with Crippen molar-refractivity contribution in [1.82, 2.24) is 5.32 Å². The highest BCUT2D eigenvalue weighted by molar-refractivity contribution is 7.80. The van der Waals surface area contributed by atoms with Crippen LogP contribution in [0.4, 0.5) is 5.69 Å². The number of rotatable bonds is 3. The highest BCUT2D eigenvalue weighted by Gasteiger charge is 2.15. The summed E-state index contributed by atoms with van der Waals surface area (Å²) < 4.78 is 0. The van der Waals surface area contributed by atoms with Gasteiger partial charge in [0.1, 0.15) is 0 Å². The molecule has 0 aliphatic carbocycles. The molecule has 2 aromatic rings. The average Bonchev–Trinajstić information content (AvgIpc) is 2.48. The highest BCUT2D eigenvalue weighted by atomic mass is 35.5. The van der Waals surface area contributed by atoms with Crippen molar-refractivity contribution in [2.24, 2.45) is 0 Å². The Bertz CT molecular complexity index is 672. The minimum atomic E-state index is -0.344. The second-order valence-corrected chi connectivity index (χ2v) is 5.76. The van der Waals surface area contributed by atoms with Crippen molar-refractivity contribution in [3.8, 4) is 0 Å². The van der Waals surface area contributed by atoms with Crippen molar-refractivity contribution >= 4 is 52.1 Å². The van der Waals surface area contributed by atoms with E-state index >= 15 is 0 Å². The fourth-order valence-corrected chi connectivity index (χ4v) is 2.83. The third kappa shape index (κ3) is 4.19. The van der Waals surface area contributed by atoms with Crippen molar-refractivity contribution < 1.29 is 4.79 Å². The molecule has 0 aromatic heterocycles. The molecule has 2 rings (SSSR count). The Morgan fingerprint density at radius 3 is 2.27 bits per heavy atom. The molecule has 0 spiro atoms. The lowest BCUT2D eigenvalue weighted by molar-refractivity contribution is 0.0977. The number of hydrogen-bond acceptors (Lipinski definition) is 2. The van der Waals surface area contributed by atoms with Crippen LogP contribution in [0.25, 0.3) is 0 Å². The minimum Gasteiger partial charge on any atom is -0.319 e. The molecule has 0 aliphatic rings. The van der Waals surface area contributed by atoms with Crippen molar-refractivity contribution in [1.29, 1.82) is 0 Å². The summed E-state index contributed by atoms with van der Waals surface area (Å²) in [6.07, 6.45) is 0. The molecule has 1 N–H and O–H groups in total. The molecule has 114 valence electrons. The summed E-state index contributed by atoms with van der Waals surface area (Å²) >= 11 is 17.1. The molecule has 3 nitrogen and oxygen atoms in total. The number of halogens is 2. The summed E-state index contributed by atoms with van der Waals surface area (Å²) in [7, 11) is 0. The van der Waals surface area contributed by atoms with Crippen molar-refractivity contribution in [3.63, 3.8) is 0 Å². The Kier molecular flexibility index (Phi) is 5.77. The van der Waals surface area contributed by atoms with E-state index < -0.39 is 0 Å². The van der Waals surface area contributed by atoms with Crippen LogP contribution in [0.5, 0.6) is 0 Å². The van der Waals surface area contributed by atoms with Gasteiger partial charge in [-0.2, -0.15) is 0 Å². The second-order valence-electron chi connectivity index (χ2n) is 4.50. The molecule has 0 aliphatic heterocycles. The van der Waals surface area contributed by atoms with Gasteiger partial charge in [-0.3, -0.25) is 10.1 Å². The van der Waals surface area contributed by atoms with Gasteiger partial charge in [-0.1, -0.05) is 41.4 Å². The Morgan fingerprint density at radius 1 is 1.14 bits per heavy atom. The second kappa shape index (κ2) is 7.58. The normalized spacial score (nSPS) is 10.1. The van der Waals surface area contributed by atoms with Crippen LogP contribution in [0.3, 0.4) is 0 Å². The van der Waals surface area contributed by atoms with Crippen LogP contribution >= 0.6 is 35.4 Å². The van der Waals surface area contributed by atoms with Crippen LogP contribution in [0.1, 0.15) is 17.3 Å². The molecule has 0 fully saturated rings. The Hall–Kier alpha value is -1.62. The maximum atomic E-state index is 12.3. The Labute approximate surface area is 144 Å². The van der Waals surface area contributed by atoms with E-state index in [4.69, 9.17) is 35.4 Å². The van der Waals surface area contributed by atoms with Gasteiger partial charge < -0.3 is 4.90 Å². The molecule has 0 heterocycles. The monoisotopic (exact) mass is 352 g/mol. The first-order valence-electron chi connectivity index (χ1n) is 6.65. The maximum Gasteiger partial charge on any atom is 0.257 e. The van der Waals surface area contributed by atoms with Gasteiger partial charge in [-0.15, -0.1) is 0 Å². The smallest absolute Gasteiger partial charge is 0.257 e. The maximum absolute atomic E-state index is 12.3. The SMILES string of the molecule is CCN(C(=S)NC(=O)c1cc(Cl)cc(Cl)c1)c1ccccc1. The molecule has 0 radical (unpaired) electrons. The lowest BCUT2D eigenvalue weighted by Gasteiger charge is -2.23. The zero-order valence-corrected chi connectivity index (χ0v) is 14.2. The summed E-state index contributed by atoms with van der Waals surface area (Å²) in [5.41, 5.74) is 1.28. The van der Waals surface area contributed by atoms with Gasteiger partial charge in [-0.05, 0) is 49.5 Å². The van der Waals surface area contributed by atoms with E-state index in [1.165, 1.54) is 0 Å². The van der Waals surface area contributed by atoms with E-state index in [2.05, 4.69) is 5.32 Å². The summed E-state index contributed by atoms with van der Waals surface area (Å²) in [6, 6.07) is 14.3. The van der Waals surface area contributed by atoms with Gasteiger partial charge in [0.15, 0.2) is 5.11 Å². The summed E-state index contributed by atoms with van der Waals surface area (Å²) in [6.45, 7) is 2.60. The first kappa shape index (κ1) is 16.7. The van der Waals surface area contributed by atoms with Crippen LogP contribution in [-0.2, 0) is 0 Å². The Morgan fingerprint density at radius 2 is 1.73 bits per heavy atom. The van der Waals surface area contributed by atoms with Crippen LogP contribution < -0.4 is 10.2 Å². The van der Waals surface area contributed by atoms with E-state index in [0.717, 1.165) is 5.69 Å². The van der Waals surface area contributed by atoms with Gasteiger partial charge in [-0.25, -0.2) is 0 Å². The molecular formula is C16H14Cl2N2OS. The predicted molar refractivity (Wildman–Crippen MR) is 96.0 cm³/mol. The highest BCUT2D eigenvalue weighted by Crippen LogP contribution is 2.19. The molecule has 0 saturated carbocycles. The quantitative estimate of drug-likeness (QED) is 0.823. The largest absolute Gasteiger partial charge is 0.319 e. The molecule has 2 aromatic carbocycles. The lowest BCUT2D eigenvalue weighted by atomic mass is 10.2. The van der Waals surface area contributed by atoms with Crippen LogP contribution in [0.15, 0.2) is 48.5 Å². The number of carbonyl (C=O) groups is 1. The zero-order chi connectivity index (χ0) is 16.1. The minimum absolute atomic E-state index is 0.329. The third-order valence-corrected chi connectivity index (χ3v) is 3.73. The first-order valence-corrected chi connectivity index (χ1v) is 7.81. The number of amides is 1. The van der Waals surface area contributed by atoms with E-state index in [-0.39, 0.29) is 5.91 Å². The van der Waals surface area contributed by atoms with Crippen molar-refractivity contribution in [2.45, 2.75) is 6.92 Å². The predicted octanol–water partition coefficient (Wildman–Crippen LogP) is 4.53. The molecule has 0 bridgehead atoms. The van der Waals surface area contributed by atoms with Gasteiger partial charge in [0.25, 0.3) is 5.91 Å². The first-order chi connectivity index (χ1) is 10.5. The average molecular weight is 353 g/mol. The summed E-state index contributed by atoms with van der Waals surface area (Å²) in [4.78, 5) is 14.1. The lowest BCUT2D eigenvalue weighted by Crippen LogP contribution is -2.42. The van der Waals surface area contributed by atoms with Gasteiger partial charge in [0.05, 0.1) is 0 Å². The molecular weight excluding hydrogens is 339 g/mol. The number of nitrogens with zero attached hydrogens (tertiary/aromatic N) is 1. The number of para-hydroxylation sites is 1. The molecule has 0 unspecified atom stereocenters. The standard InChI is InChI=1S/C16H14Cl2N2OS/c1-2-20(14-6-4-3-5-7-14)16(22)19-15(21)11-8-12(17)10-13(18)9-11/h3-10H,2H2,1H3,(H,19,21,22). The number of carbonyl (C=O) groups excluding carboxylic acids is 1. The molecule has 1 amide bonds.